The van der Waals surface area contributed by atoms with Gasteiger partial charge in [0.2, 0.25) is 0 Å². The van der Waals surface area contributed by atoms with Crippen LogP contribution in [0.4, 0.5) is 4.39 Å². The molecule has 0 spiro atoms. The fraction of sp³-hybridized carbons (Fsp3) is 0.133. The molecule has 0 N–H and O–H groups in total. The van der Waals surface area contributed by atoms with Gasteiger partial charge < -0.3 is 0 Å². The molecule has 2 heterocycles. The van der Waals surface area contributed by atoms with E-state index in [0.29, 0.717) is 0 Å². The van der Waals surface area contributed by atoms with Crippen molar-refractivity contribution in [1.29, 1.82) is 0 Å². The molecule has 0 fully saturated rings. The summed E-state index contributed by atoms with van der Waals surface area (Å²) in [4.78, 5) is 1.24. The summed E-state index contributed by atoms with van der Waals surface area (Å²) in [5.74, 6) is -0.231. The first kappa shape index (κ1) is 13.5. The molecule has 0 aliphatic rings. The Morgan fingerprint density at radius 1 is 1.25 bits per heavy atom. The molecule has 0 atom stereocenters. The highest BCUT2D eigenvalue weighted by molar-refractivity contribution is 9.10. The van der Waals surface area contributed by atoms with Gasteiger partial charge in [0.1, 0.15) is 5.82 Å². The average molecular weight is 351 g/mol. The Morgan fingerprint density at radius 3 is 2.65 bits per heavy atom. The summed E-state index contributed by atoms with van der Waals surface area (Å²) in [7, 11) is 0. The van der Waals surface area contributed by atoms with Gasteiger partial charge in [-0.15, -0.1) is 11.3 Å². The number of nitrogens with zero attached hydrogens (tertiary/aromatic N) is 2. The Kier molecular flexibility index (Phi) is 3.72. The lowest BCUT2D eigenvalue weighted by atomic mass is 10.1. The van der Waals surface area contributed by atoms with Crippen LogP contribution in [0.15, 0.2) is 46.3 Å². The fourth-order valence-electron chi connectivity index (χ4n) is 2.11. The molecule has 0 saturated heterocycles. The van der Waals surface area contributed by atoms with Crippen LogP contribution < -0.4 is 0 Å². The third-order valence-electron chi connectivity index (χ3n) is 3.06. The first-order valence-corrected chi connectivity index (χ1v) is 7.83. The summed E-state index contributed by atoms with van der Waals surface area (Å²) in [5, 5.41) is 6.62. The maximum absolute atomic E-state index is 13.1. The predicted molar refractivity (Wildman–Crippen MR) is 83.5 cm³/mol. The quantitative estimate of drug-likeness (QED) is 0.658. The van der Waals surface area contributed by atoms with Crippen LogP contribution in [0.2, 0.25) is 0 Å². The third-order valence-corrected chi connectivity index (χ3v) is 4.87. The summed E-state index contributed by atoms with van der Waals surface area (Å²) >= 11 is 5.29. The molecular weight excluding hydrogens is 339 g/mol. The lowest BCUT2D eigenvalue weighted by molar-refractivity contribution is 0.627. The van der Waals surface area contributed by atoms with Crippen LogP contribution in [0.1, 0.15) is 10.6 Å². The maximum Gasteiger partial charge on any atom is 0.123 e. The van der Waals surface area contributed by atoms with Crippen LogP contribution in [0.3, 0.4) is 0 Å². The van der Waals surface area contributed by atoms with Gasteiger partial charge in [-0.25, -0.2) is 4.39 Å². The first-order valence-electron chi connectivity index (χ1n) is 6.16. The molecule has 20 heavy (non-hydrogen) atoms. The zero-order valence-electron chi connectivity index (χ0n) is 10.8. The van der Waals surface area contributed by atoms with Crippen molar-refractivity contribution in [2.24, 2.45) is 0 Å². The largest absolute Gasteiger partial charge is 0.258 e. The maximum atomic E-state index is 13.1. The van der Waals surface area contributed by atoms with Gasteiger partial charge in [-0.3, -0.25) is 4.68 Å². The molecule has 2 aromatic heterocycles. The summed E-state index contributed by atoms with van der Waals surface area (Å²) < 4.78 is 16.0. The molecule has 0 radical (unpaired) electrons. The van der Waals surface area contributed by atoms with E-state index in [9.17, 15) is 4.39 Å². The van der Waals surface area contributed by atoms with E-state index in [1.807, 2.05) is 17.7 Å². The molecular formula is C15H12BrFN2S. The Hall–Kier alpha value is -1.46. The van der Waals surface area contributed by atoms with Gasteiger partial charge in [-0.1, -0.05) is 6.07 Å². The lowest BCUT2D eigenvalue weighted by Crippen LogP contribution is -2.02. The van der Waals surface area contributed by atoms with Gasteiger partial charge in [0.25, 0.3) is 0 Å². The Labute approximate surface area is 129 Å². The molecule has 5 heteroatoms. The highest BCUT2D eigenvalue weighted by Crippen LogP contribution is 2.31. The van der Waals surface area contributed by atoms with Gasteiger partial charge in [0, 0.05) is 10.4 Å². The molecule has 1 aromatic carbocycles. The zero-order chi connectivity index (χ0) is 14.1. The standard InChI is InChI=1S/C15H12BrFN2S/c1-10-14(16)15(11-4-6-12(17)7-5-11)19(18-10)9-13-3-2-8-20-13/h2-8H,9H2,1H3. The molecule has 0 bridgehead atoms. The van der Waals surface area contributed by atoms with Gasteiger partial charge in [-0.05, 0) is 58.6 Å². The molecule has 0 aliphatic heterocycles. The molecule has 0 unspecified atom stereocenters. The second-order valence-electron chi connectivity index (χ2n) is 4.49. The van der Waals surface area contributed by atoms with Crippen molar-refractivity contribution in [3.8, 4) is 11.3 Å². The average Bonchev–Trinajstić information content (AvgIpc) is 3.02. The van der Waals surface area contributed by atoms with Crippen molar-refractivity contribution in [2.75, 3.05) is 0 Å². The molecule has 3 aromatic rings. The monoisotopic (exact) mass is 350 g/mol. The Balaban J connectivity index is 2.07. The highest BCUT2D eigenvalue weighted by Gasteiger charge is 2.15. The minimum absolute atomic E-state index is 0.231. The number of hydrogen-bond donors (Lipinski definition) is 0. The molecule has 102 valence electrons. The summed E-state index contributed by atoms with van der Waals surface area (Å²) in [6.45, 7) is 2.68. The van der Waals surface area contributed by atoms with Crippen LogP contribution in [0, 0.1) is 12.7 Å². The number of aryl methyl sites for hydroxylation is 1. The number of benzene rings is 1. The SMILES string of the molecule is Cc1nn(Cc2cccs2)c(-c2ccc(F)cc2)c1Br. The van der Waals surface area contributed by atoms with E-state index in [-0.39, 0.29) is 5.82 Å². The second-order valence-corrected chi connectivity index (χ2v) is 6.32. The normalized spacial score (nSPS) is 10.9. The number of aromatic nitrogens is 2. The van der Waals surface area contributed by atoms with Crippen molar-refractivity contribution in [3.05, 3.63) is 62.6 Å². The third kappa shape index (κ3) is 2.55. The van der Waals surface area contributed by atoms with Crippen molar-refractivity contribution in [3.63, 3.8) is 0 Å². The molecule has 0 saturated carbocycles. The minimum Gasteiger partial charge on any atom is -0.258 e. The number of thiophene rings is 1. The predicted octanol–water partition coefficient (Wildman–Crippen LogP) is 4.87. The van der Waals surface area contributed by atoms with Crippen molar-refractivity contribution in [2.45, 2.75) is 13.5 Å². The van der Waals surface area contributed by atoms with E-state index in [0.717, 1.165) is 28.0 Å². The van der Waals surface area contributed by atoms with Crippen LogP contribution in [0.5, 0.6) is 0 Å². The first-order chi connectivity index (χ1) is 9.65. The Bertz CT molecular complexity index is 717. The summed E-state index contributed by atoms with van der Waals surface area (Å²) in [5.41, 5.74) is 2.87. The van der Waals surface area contributed by atoms with Crippen LogP contribution >= 0.6 is 27.3 Å². The topological polar surface area (TPSA) is 17.8 Å². The zero-order valence-corrected chi connectivity index (χ0v) is 13.2. The number of halogens is 2. The molecule has 3 rings (SSSR count). The number of hydrogen-bond acceptors (Lipinski definition) is 2. The van der Waals surface area contributed by atoms with E-state index in [1.54, 1.807) is 23.5 Å². The highest BCUT2D eigenvalue weighted by atomic mass is 79.9. The summed E-state index contributed by atoms with van der Waals surface area (Å²) in [6.07, 6.45) is 0. The molecule has 2 nitrogen and oxygen atoms in total. The summed E-state index contributed by atoms with van der Waals surface area (Å²) in [6, 6.07) is 10.6. The smallest absolute Gasteiger partial charge is 0.123 e. The van der Waals surface area contributed by atoms with E-state index in [4.69, 9.17) is 0 Å². The lowest BCUT2D eigenvalue weighted by Gasteiger charge is -2.07. The van der Waals surface area contributed by atoms with Crippen molar-refractivity contribution < 1.29 is 4.39 Å². The fourth-order valence-corrected chi connectivity index (χ4v) is 3.31. The van der Waals surface area contributed by atoms with Crippen LogP contribution in [-0.2, 0) is 6.54 Å². The second kappa shape index (κ2) is 5.50. The van der Waals surface area contributed by atoms with E-state index >= 15 is 0 Å². The van der Waals surface area contributed by atoms with Gasteiger partial charge in [0.15, 0.2) is 0 Å². The Morgan fingerprint density at radius 2 is 2.00 bits per heavy atom. The van der Waals surface area contributed by atoms with Gasteiger partial charge >= 0.3 is 0 Å². The van der Waals surface area contributed by atoms with Crippen LogP contribution in [-0.4, -0.2) is 9.78 Å². The van der Waals surface area contributed by atoms with E-state index < -0.39 is 0 Å². The van der Waals surface area contributed by atoms with Crippen molar-refractivity contribution in [1.82, 2.24) is 9.78 Å². The molecule has 0 amide bonds. The van der Waals surface area contributed by atoms with Gasteiger partial charge in [0.05, 0.1) is 22.4 Å². The van der Waals surface area contributed by atoms with Crippen molar-refractivity contribution >= 4 is 27.3 Å². The van der Waals surface area contributed by atoms with E-state index in [1.165, 1.54) is 17.0 Å². The van der Waals surface area contributed by atoms with E-state index in [2.05, 4.69) is 32.5 Å². The van der Waals surface area contributed by atoms with Gasteiger partial charge in [-0.2, -0.15) is 5.10 Å². The number of rotatable bonds is 3. The minimum atomic E-state index is -0.231. The van der Waals surface area contributed by atoms with Crippen LogP contribution in [0.25, 0.3) is 11.3 Å². The molecule has 0 aliphatic carbocycles.